The molecule has 5 nitrogen and oxygen atoms in total. The third-order valence-corrected chi connectivity index (χ3v) is 2.12. The van der Waals surface area contributed by atoms with Crippen molar-refractivity contribution in [3.63, 3.8) is 0 Å². The van der Waals surface area contributed by atoms with Gasteiger partial charge in [0.2, 0.25) is 0 Å². The number of aliphatic hydroxyl groups excluding tert-OH is 1. The summed E-state index contributed by atoms with van der Waals surface area (Å²) in [4.78, 5) is 4.93. The molecule has 0 radical (unpaired) electrons. The number of benzene rings is 1. The van der Waals surface area contributed by atoms with Crippen molar-refractivity contribution in [2.24, 2.45) is 10.9 Å². The Morgan fingerprint density at radius 2 is 2.06 bits per heavy atom. The maximum absolute atomic E-state index is 8.54. The van der Waals surface area contributed by atoms with Crippen molar-refractivity contribution in [1.82, 2.24) is 0 Å². The maximum Gasteiger partial charge on any atom is 0.143 e. The average molecular weight is 238 g/mol. The van der Waals surface area contributed by atoms with Crippen LogP contribution in [0.4, 0.5) is 0 Å². The van der Waals surface area contributed by atoms with E-state index in [2.05, 4.69) is 5.16 Å². The molecule has 0 heterocycles. The number of oxime groups is 1. The van der Waals surface area contributed by atoms with E-state index in [0.717, 1.165) is 11.3 Å². The van der Waals surface area contributed by atoms with Gasteiger partial charge in [-0.05, 0) is 17.7 Å². The second kappa shape index (κ2) is 7.51. The summed E-state index contributed by atoms with van der Waals surface area (Å²) in [6.07, 6.45) is 1.09. The summed E-state index contributed by atoms with van der Waals surface area (Å²) in [7, 11) is 1.62. The molecular formula is C12H18N2O3. The van der Waals surface area contributed by atoms with Gasteiger partial charge in [-0.25, -0.2) is 0 Å². The fraction of sp³-hybridized carbons (Fsp3) is 0.417. The molecule has 0 atom stereocenters. The summed E-state index contributed by atoms with van der Waals surface area (Å²) in [6, 6.07) is 7.59. The smallest absolute Gasteiger partial charge is 0.143 e. The van der Waals surface area contributed by atoms with Gasteiger partial charge in [0.25, 0.3) is 0 Å². The maximum atomic E-state index is 8.54. The molecule has 0 fully saturated rings. The molecule has 0 saturated carbocycles. The molecule has 1 rings (SSSR count). The summed E-state index contributed by atoms with van der Waals surface area (Å²) in [5, 5.41) is 12.3. The van der Waals surface area contributed by atoms with E-state index < -0.39 is 0 Å². The first-order valence-electron chi connectivity index (χ1n) is 5.44. The van der Waals surface area contributed by atoms with Crippen molar-refractivity contribution in [2.75, 3.05) is 20.3 Å². The highest BCUT2D eigenvalue weighted by atomic mass is 16.6. The van der Waals surface area contributed by atoms with Gasteiger partial charge in [0.1, 0.15) is 18.2 Å². The van der Waals surface area contributed by atoms with Crippen LogP contribution >= 0.6 is 0 Å². The van der Waals surface area contributed by atoms with Gasteiger partial charge in [-0.3, -0.25) is 0 Å². The van der Waals surface area contributed by atoms with Gasteiger partial charge in [-0.15, -0.1) is 0 Å². The van der Waals surface area contributed by atoms with Gasteiger partial charge in [0.15, 0.2) is 0 Å². The quantitative estimate of drug-likeness (QED) is 0.320. The predicted molar refractivity (Wildman–Crippen MR) is 66.0 cm³/mol. The molecule has 0 aliphatic rings. The second-order valence-electron chi connectivity index (χ2n) is 3.52. The van der Waals surface area contributed by atoms with Crippen molar-refractivity contribution in [3.05, 3.63) is 29.8 Å². The highest BCUT2D eigenvalue weighted by Gasteiger charge is 1.98. The van der Waals surface area contributed by atoms with Crippen LogP contribution in [0.3, 0.4) is 0 Å². The summed E-state index contributed by atoms with van der Waals surface area (Å²) in [5.41, 5.74) is 6.73. The Hall–Kier alpha value is -1.75. The largest absolute Gasteiger partial charge is 0.497 e. The van der Waals surface area contributed by atoms with Gasteiger partial charge >= 0.3 is 0 Å². The van der Waals surface area contributed by atoms with E-state index in [1.165, 1.54) is 0 Å². The Morgan fingerprint density at radius 3 is 2.65 bits per heavy atom. The minimum atomic E-state index is 0.0912. The number of methoxy groups -OCH3 is 1. The first kappa shape index (κ1) is 13.3. The number of hydrogen-bond donors (Lipinski definition) is 2. The molecule has 0 saturated heterocycles. The van der Waals surface area contributed by atoms with Gasteiger partial charge in [-0.2, -0.15) is 0 Å². The van der Waals surface area contributed by atoms with E-state index in [9.17, 15) is 0 Å². The zero-order valence-electron chi connectivity index (χ0n) is 9.93. The molecule has 0 aliphatic heterocycles. The monoisotopic (exact) mass is 238 g/mol. The van der Waals surface area contributed by atoms with Crippen molar-refractivity contribution >= 4 is 5.84 Å². The van der Waals surface area contributed by atoms with E-state index >= 15 is 0 Å². The third-order valence-electron chi connectivity index (χ3n) is 2.12. The van der Waals surface area contributed by atoms with Gasteiger partial charge in [0.05, 0.1) is 7.11 Å². The molecule has 1 aromatic rings. The Bertz CT molecular complexity index is 349. The van der Waals surface area contributed by atoms with Gasteiger partial charge in [0, 0.05) is 19.4 Å². The average Bonchev–Trinajstić information content (AvgIpc) is 2.36. The second-order valence-corrected chi connectivity index (χ2v) is 3.52. The van der Waals surface area contributed by atoms with Gasteiger partial charge in [-0.1, -0.05) is 17.3 Å². The Labute approximate surface area is 101 Å². The molecule has 5 heteroatoms. The molecule has 17 heavy (non-hydrogen) atoms. The molecule has 0 amide bonds. The van der Waals surface area contributed by atoms with Crippen LogP contribution in [0.5, 0.6) is 5.75 Å². The van der Waals surface area contributed by atoms with E-state index in [1.54, 1.807) is 7.11 Å². The number of rotatable bonds is 7. The minimum absolute atomic E-state index is 0.0912. The molecule has 0 unspecified atom stereocenters. The predicted octanol–water partition coefficient (Wildman–Crippen LogP) is 0.909. The van der Waals surface area contributed by atoms with E-state index in [-0.39, 0.29) is 6.61 Å². The topological polar surface area (TPSA) is 77.1 Å². The van der Waals surface area contributed by atoms with Crippen molar-refractivity contribution < 1.29 is 14.7 Å². The Balaban J connectivity index is 2.41. The lowest BCUT2D eigenvalue weighted by molar-refractivity contribution is 0.123. The SMILES string of the molecule is COc1ccc(C/C(N)=N/OCCCO)cc1. The van der Waals surface area contributed by atoms with Crippen LogP contribution in [-0.4, -0.2) is 31.3 Å². The molecule has 0 aliphatic carbocycles. The van der Waals surface area contributed by atoms with E-state index in [4.69, 9.17) is 20.4 Å². The highest BCUT2D eigenvalue weighted by molar-refractivity contribution is 5.82. The van der Waals surface area contributed by atoms with Crippen LogP contribution in [0.25, 0.3) is 0 Å². The first-order chi connectivity index (χ1) is 8.26. The van der Waals surface area contributed by atoms with Gasteiger partial charge < -0.3 is 20.4 Å². The van der Waals surface area contributed by atoms with E-state index in [0.29, 0.717) is 25.3 Å². The van der Waals surface area contributed by atoms with Crippen LogP contribution in [-0.2, 0) is 11.3 Å². The number of nitrogens with zero attached hydrogens (tertiary/aromatic N) is 1. The molecule has 94 valence electrons. The third kappa shape index (κ3) is 5.21. The summed E-state index contributed by atoms with van der Waals surface area (Å²) < 4.78 is 5.06. The lowest BCUT2D eigenvalue weighted by Gasteiger charge is -2.03. The summed E-state index contributed by atoms with van der Waals surface area (Å²) >= 11 is 0. The van der Waals surface area contributed by atoms with Crippen LogP contribution < -0.4 is 10.5 Å². The molecule has 0 aromatic heterocycles. The number of nitrogens with two attached hydrogens (primary N) is 1. The number of ether oxygens (including phenoxy) is 1. The van der Waals surface area contributed by atoms with E-state index in [1.807, 2.05) is 24.3 Å². The number of amidine groups is 1. The van der Waals surface area contributed by atoms with Crippen LogP contribution in [0, 0.1) is 0 Å². The Kier molecular flexibility index (Phi) is 5.88. The number of aliphatic hydroxyl groups is 1. The van der Waals surface area contributed by atoms with Crippen LogP contribution in [0.2, 0.25) is 0 Å². The van der Waals surface area contributed by atoms with Crippen molar-refractivity contribution in [3.8, 4) is 5.75 Å². The van der Waals surface area contributed by atoms with Crippen LogP contribution in [0.15, 0.2) is 29.4 Å². The minimum Gasteiger partial charge on any atom is -0.497 e. The zero-order valence-corrected chi connectivity index (χ0v) is 9.93. The summed E-state index contributed by atoms with van der Waals surface area (Å²) in [6.45, 7) is 0.466. The molecule has 3 N–H and O–H groups in total. The first-order valence-corrected chi connectivity index (χ1v) is 5.44. The normalized spacial score (nSPS) is 11.3. The molecule has 0 spiro atoms. The van der Waals surface area contributed by atoms with Crippen LogP contribution in [0.1, 0.15) is 12.0 Å². The molecule has 0 bridgehead atoms. The number of hydrogen-bond acceptors (Lipinski definition) is 4. The lowest BCUT2D eigenvalue weighted by atomic mass is 10.1. The van der Waals surface area contributed by atoms with Crippen molar-refractivity contribution in [2.45, 2.75) is 12.8 Å². The van der Waals surface area contributed by atoms with Crippen molar-refractivity contribution in [1.29, 1.82) is 0 Å². The fourth-order valence-electron chi connectivity index (χ4n) is 1.24. The zero-order chi connectivity index (χ0) is 12.5. The standard InChI is InChI=1S/C12H18N2O3/c1-16-11-5-3-10(4-6-11)9-12(13)14-17-8-2-7-15/h3-6,15H,2,7-9H2,1H3,(H2,13,14). The Morgan fingerprint density at radius 1 is 1.35 bits per heavy atom. The molecule has 1 aromatic carbocycles. The lowest BCUT2D eigenvalue weighted by Crippen LogP contribution is -2.15. The summed E-state index contributed by atoms with van der Waals surface area (Å²) in [5.74, 6) is 1.22. The molecular weight excluding hydrogens is 220 g/mol. The fourth-order valence-corrected chi connectivity index (χ4v) is 1.24. The highest BCUT2D eigenvalue weighted by Crippen LogP contribution is 2.11.